The van der Waals surface area contributed by atoms with Gasteiger partial charge in [-0.25, -0.2) is 14.6 Å². The maximum Gasteiger partial charge on any atom is 0.168 e. The van der Waals surface area contributed by atoms with Gasteiger partial charge < -0.3 is 9.64 Å². The molecule has 3 heterocycles. The number of nitrogens with one attached hydrogen (secondary N) is 1. The Bertz CT molecular complexity index is 1210. The molecule has 0 aliphatic carbocycles. The Labute approximate surface area is 180 Å². The SMILES string of the molecule is COc1cccc(-n2ncc3c(N/N=C/c4ccc(N5CCCC5)cc4)ncnc32)c1. The summed E-state index contributed by atoms with van der Waals surface area (Å²) in [6.07, 6.45) is 7.57. The molecular weight excluding hydrogens is 390 g/mol. The molecule has 0 bridgehead atoms. The summed E-state index contributed by atoms with van der Waals surface area (Å²) in [6.45, 7) is 2.28. The number of nitrogens with zero attached hydrogens (tertiary/aromatic N) is 6. The predicted molar refractivity (Wildman–Crippen MR) is 122 cm³/mol. The van der Waals surface area contributed by atoms with Crippen LogP contribution in [0, 0.1) is 0 Å². The van der Waals surface area contributed by atoms with Crippen LogP contribution in [0.2, 0.25) is 0 Å². The van der Waals surface area contributed by atoms with Crippen molar-refractivity contribution in [2.24, 2.45) is 5.10 Å². The van der Waals surface area contributed by atoms with Crippen molar-refractivity contribution < 1.29 is 4.74 Å². The van der Waals surface area contributed by atoms with Crippen LogP contribution >= 0.6 is 0 Å². The van der Waals surface area contributed by atoms with Gasteiger partial charge in [0.2, 0.25) is 0 Å². The molecule has 0 unspecified atom stereocenters. The van der Waals surface area contributed by atoms with Crippen molar-refractivity contribution in [3.63, 3.8) is 0 Å². The number of aromatic nitrogens is 4. The Morgan fingerprint density at radius 1 is 1.03 bits per heavy atom. The summed E-state index contributed by atoms with van der Waals surface area (Å²) in [7, 11) is 1.64. The van der Waals surface area contributed by atoms with E-state index in [1.54, 1.807) is 24.2 Å². The number of methoxy groups -OCH3 is 1. The highest BCUT2D eigenvalue weighted by Gasteiger charge is 2.12. The maximum absolute atomic E-state index is 5.31. The molecule has 2 aromatic heterocycles. The standard InChI is InChI=1S/C23H23N7O/c1-31-20-6-4-5-19(13-20)30-23-21(15-27-30)22(24-16-25-23)28-26-14-17-7-9-18(10-8-17)29-11-2-3-12-29/h4-10,13-16H,2-3,11-12H2,1H3,(H,24,25,28)/b26-14+. The van der Waals surface area contributed by atoms with Crippen LogP contribution in [-0.2, 0) is 0 Å². The first-order valence-corrected chi connectivity index (χ1v) is 10.3. The third-order valence-electron chi connectivity index (χ3n) is 5.41. The first kappa shape index (κ1) is 19.0. The highest BCUT2D eigenvalue weighted by molar-refractivity contribution is 5.88. The number of benzene rings is 2. The molecule has 0 atom stereocenters. The number of hydrogen-bond acceptors (Lipinski definition) is 7. The van der Waals surface area contributed by atoms with E-state index in [0.29, 0.717) is 11.5 Å². The van der Waals surface area contributed by atoms with Gasteiger partial charge in [-0.3, -0.25) is 5.43 Å². The van der Waals surface area contributed by atoms with E-state index >= 15 is 0 Å². The number of ether oxygens (including phenoxy) is 1. The van der Waals surface area contributed by atoms with Gasteiger partial charge in [0.25, 0.3) is 0 Å². The molecule has 8 heteroatoms. The Morgan fingerprint density at radius 3 is 2.68 bits per heavy atom. The normalized spacial score (nSPS) is 13.9. The predicted octanol–water partition coefficient (Wildman–Crippen LogP) is 3.87. The van der Waals surface area contributed by atoms with Gasteiger partial charge in [-0.05, 0) is 42.7 Å². The van der Waals surface area contributed by atoms with Crippen molar-refractivity contribution in [3.8, 4) is 11.4 Å². The lowest BCUT2D eigenvalue weighted by atomic mass is 10.2. The van der Waals surface area contributed by atoms with Gasteiger partial charge in [0.15, 0.2) is 11.5 Å². The summed E-state index contributed by atoms with van der Waals surface area (Å²) in [5.74, 6) is 1.36. The van der Waals surface area contributed by atoms with Crippen LogP contribution in [0.3, 0.4) is 0 Å². The summed E-state index contributed by atoms with van der Waals surface area (Å²) in [6, 6.07) is 16.1. The molecule has 1 saturated heterocycles. The monoisotopic (exact) mass is 413 g/mol. The van der Waals surface area contributed by atoms with Crippen molar-refractivity contribution >= 4 is 28.8 Å². The molecule has 1 aliphatic rings. The summed E-state index contributed by atoms with van der Waals surface area (Å²) in [5, 5.41) is 9.62. The highest BCUT2D eigenvalue weighted by atomic mass is 16.5. The van der Waals surface area contributed by atoms with E-state index in [4.69, 9.17) is 4.74 Å². The van der Waals surface area contributed by atoms with Gasteiger partial charge in [-0.1, -0.05) is 18.2 Å². The van der Waals surface area contributed by atoms with Crippen LogP contribution in [-0.4, -0.2) is 46.2 Å². The average Bonchev–Trinajstić information content (AvgIpc) is 3.50. The molecule has 8 nitrogen and oxygen atoms in total. The fourth-order valence-corrected chi connectivity index (χ4v) is 3.78. The summed E-state index contributed by atoms with van der Waals surface area (Å²) >= 11 is 0. The summed E-state index contributed by atoms with van der Waals surface area (Å²) < 4.78 is 7.07. The number of anilines is 2. The lowest BCUT2D eigenvalue weighted by Crippen LogP contribution is -2.17. The zero-order valence-electron chi connectivity index (χ0n) is 17.3. The van der Waals surface area contributed by atoms with E-state index < -0.39 is 0 Å². The Kier molecular flexibility index (Phi) is 5.18. The van der Waals surface area contributed by atoms with Crippen molar-refractivity contribution in [1.29, 1.82) is 0 Å². The number of hydrogen-bond donors (Lipinski definition) is 1. The number of fused-ring (bicyclic) bond motifs is 1. The zero-order chi connectivity index (χ0) is 21.0. The molecule has 0 amide bonds. The molecule has 0 saturated carbocycles. The number of rotatable bonds is 6. The van der Waals surface area contributed by atoms with Gasteiger partial charge in [0.05, 0.1) is 30.6 Å². The first-order valence-electron chi connectivity index (χ1n) is 10.3. The van der Waals surface area contributed by atoms with E-state index in [0.717, 1.165) is 35.5 Å². The Hall–Kier alpha value is -3.94. The molecule has 4 aromatic rings. The van der Waals surface area contributed by atoms with Crippen LogP contribution in [0.1, 0.15) is 18.4 Å². The van der Waals surface area contributed by atoms with E-state index in [-0.39, 0.29) is 0 Å². The molecule has 1 fully saturated rings. The Morgan fingerprint density at radius 2 is 1.87 bits per heavy atom. The van der Waals surface area contributed by atoms with E-state index in [9.17, 15) is 0 Å². The fraction of sp³-hybridized carbons (Fsp3) is 0.217. The molecule has 1 N–H and O–H groups in total. The van der Waals surface area contributed by atoms with Gasteiger partial charge in [0, 0.05) is 24.8 Å². The molecular formula is C23H23N7O. The van der Waals surface area contributed by atoms with Crippen molar-refractivity contribution in [2.45, 2.75) is 12.8 Å². The van der Waals surface area contributed by atoms with Crippen molar-refractivity contribution in [2.75, 3.05) is 30.5 Å². The molecule has 5 rings (SSSR count). The molecule has 1 aliphatic heterocycles. The van der Waals surface area contributed by atoms with Crippen LogP contribution in [0.25, 0.3) is 16.7 Å². The average molecular weight is 413 g/mol. The van der Waals surface area contributed by atoms with Crippen LogP contribution < -0.4 is 15.1 Å². The summed E-state index contributed by atoms with van der Waals surface area (Å²) in [4.78, 5) is 11.1. The third kappa shape index (κ3) is 3.92. The second-order valence-corrected chi connectivity index (χ2v) is 7.37. The minimum atomic E-state index is 0.601. The topological polar surface area (TPSA) is 80.5 Å². The Balaban J connectivity index is 1.34. The lowest BCUT2D eigenvalue weighted by molar-refractivity contribution is 0.414. The van der Waals surface area contributed by atoms with Gasteiger partial charge in [0.1, 0.15) is 12.1 Å². The zero-order valence-corrected chi connectivity index (χ0v) is 17.3. The number of hydrazone groups is 1. The minimum absolute atomic E-state index is 0.601. The smallest absolute Gasteiger partial charge is 0.168 e. The molecule has 0 spiro atoms. The van der Waals surface area contributed by atoms with Crippen LogP contribution in [0.4, 0.5) is 11.5 Å². The van der Waals surface area contributed by atoms with Crippen molar-refractivity contribution in [3.05, 3.63) is 66.6 Å². The van der Waals surface area contributed by atoms with E-state index in [1.807, 2.05) is 24.3 Å². The lowest BCUT2D eigenvalue weighted by Gasteiger charge is -2.17. The van der Waals surface area contributed by atoms with Crippen LogP contribution in [0.15, 0.2) is 66.2 Å². The quantitative estimate of drug-likeness (QED) is 0.382. The molecule has 2 aromatic carbocycles. The minimum Gasteiger partial charge on any atom is -0.497 e. The molecule has 31 heavy (non-hydrogen) atoms. The largest absolute Gasteiger partial charge is 0.497 e. The van der Waals surface area contributed by atoms with Crippen LogP contribution in [0.5, 0.6) is 5.75 Å². The highest BCUT2D eigenvalue weighted by Crippen LogP contribution is 2.24. The van der Waals surface area contributed by atoms with Crippen molar-refractivity contribution in [1.82, 2.24) is 19.7 Å². The first-order chi connectivity index (χ1) is 15.3. The summed E-state index contributed by atoms with van der Waals surface area (Å²) in [5.41, 5.74) is 6.87. The molecule has 156 valence electrons. The van der Waals surface area contributed by atoms with E-state index in [1.165, 1.54) is 24.9 Å². The van der Waals surface area contributed by atoms with E-state index in [2.05, 4.69) is 54.8 Å². The second-order valence-electron chi connectivity index (χ2n) is 7.37. The van der Waals surface area contributed by atoms with Gasteiger partial charge in [-0.15, -0.1) is 0 Å². The van der Waals surface area contributed by atoms with Gasteiger partial charge in [-0.2, -0.15) is 10.2 Å². The van der Waals surface area contributed by atoms with Gasteiger partial charge >= 0.3 is 0 Å². The second kappa shape index (κ2) is 8.43. The molecule has 0 radical (unpaired) electrons. The third-order valence-corrected chi connectivity index (χ3v) is 5.41. The maximum atomic E-state index is 5.31. The fourth-order valence-electron chi connectivity index (χ4n) is 3.78.